The number of ether oxygens (including phenoxy) is 1. The number of nitrogens with one attached hydrogen (secondary N) is 1. The summed E-state index contributed by atoms with van der Waals surface area (Å²) in [5.41, 5.74) is 2.31. The minimum absolute atomic E-state index is 0.164. The highest BCUT2D eigenvalue weighted by Crippen LogP contribution is 2.32. The highest BCUT2D eigenvalue weighted by atomic mass is 16.5. The first-order valence-corrected chi connectivity index (χ1v) is 7.57. The van der Waals surface area contributed by atoms with E-state index >= 15 is 0 Å². The number of hydrogen-bond donors (Lipinski definition) is 1. The summed E-state index contributed by atoms with van der Waals surface area (Å²) in [4.78, 5) is 4.54. The number of nitrogens with zero attached hydrogens (tertiary/aromatic N) is 1. The van der Waals surface area contributed by atoms with Crippen molar-refractivity contribution in [1.29, 1.82) is 0 Å². The molecule has 1 aromatic carbocycles. The lowest BCUT2D eigenvalue weighted by Gasteiger charge is -2.30. The van der Waals surface area contributed by atoms with E-state index in [0.29, 0.717) is 6.04 Å². The van der Waals surface area contributed by atoms with Crippen molar-refractivity contribution >= 4 is 10.9 Å². The highest BCUT2D eigenvalue weighted by molar-refractivity contribution is 5.81. The quantitative estimate of drug-likeness (QED) is 0.924. The summed E-state index contributed by atoms with van der Waals surface area (Å²) in [6, 6.07) is 11.0. The molecule has 0 amide bonds. The minimum atomic E-state index is 0.164. The minimum Gasteiger partial charge on any atom is -0.373 e. The Morgan fingerprint density at radius 3 is 3.10 bits per heavy atom. The van der Waals surface area contributed by atoms with Crippen LogP contribution < -0.4 is 5.32 Å². The maximum atomic E-state index is 6.00. The van der Waals surface area contributed by atoms with Gasteiger partial charge in [-0.25, -0.2) is 0 Å². The van der Waals surface area contributed by atoms with E-state index in [1.165, 1.54) is 17.4 Å². The summed E-state index contributed by atoms with van der Waals surface area (Å²) in [6.45, 7) is 4.12. The topological polar surface area (TPSA) is 34.1 Å². The predicted molar refractivity (Wildman–Crippen MR) is 81.8 cm³/mol. The second-order valence-electron chi connectivity index (χ2n) is 5.46. The summed E-state index contributed by atoms with van der Waals surface area (Å²) < 4.78 is 6.00. The third-order valence-corrected chi connectivity index (χ3v) is 3.98. The Kier molecular flexibility index (Phi) is 4.28. The Balaban J connectivity index is 1.83. The van der Waals surface area contributed by atoms with Gasteiger partial charge in [0, 0.05) is 29.8 Å². The van der Waals surface area contributed by atoms with Gasteiger partial charge in [0.1, 0.15) is 0 Å². The summed E-state index contributed by atoms with van der Waals surface area (Å²) in [6.07, 6.45) is 5.35. The van der Waals surface area contributed by atoms with Crippen molar-refractivity contribution in [3.05, 3.63) is 42.1 Å². The number of benzene rings is 1. The fourth-order valence-corrected chi connectivity index (χ4v) is 2.94. The third kappa shape index (κ3) is 2.84. The molecule has 106 valence electrons. The normalized spacial score (nSPS) is 23.1. The average molecular weight is 270 g/mol. The Hall–Kier alpha value is -1.45. The van der Waals surface area contributed by atoms with E-state index in [1.807, 2.05) is 12.3 Å². The molecular formula is C17H22N2O. The average Bonchev–Trinajstić information content (AvgIpc) is 2.52. The van der Waals surface area contributed by atoms with Crippen LogP contribution in [0.1, 0.15) is 37.9 Å². The Morgan fingerprint density at radius 1 is 1.30 bits per heavy atom. The zero-order chi connectivity index (χ0) is 13.8. The molecule has 0 spiro atoms. The second-order valence-corrected chi connectivity index (χ2v) is 5.46. The van der Waals surface area contributed by atoms with Crippen LogP contribution in [0.15, 0.2) is 36.5 Å². The van der Waals surface area contributed by atoms with E-state index in [4.69, 9.17) is 4.74 Å². The van der Waals surface area contributed by atoms with Crippen molar-refractivity contribution < 1.29 is 4.74 Å². The van der Waals surface area contributed by atoms with E-state index in [-0.39, 0.29) is 6.10 Å². The molecule has 1 N–H and O–H groups in total. The van der Waals surface area contributed by atoms with Gasteiger partial charge in [0.05, 0.1) is 11.6 Å². The fourth-order valence-electron chi connectivity index (χ4n) is 2.94. The molecule has 20 heavy (non-hydrogen) atoms. The molecule has 1 saturated heterocycles. The van der Waals surface area contributed by atoms with Crippen LogP contribution in [-0.4, -0.2) is 24.2 Å². The van der Waals surface area contributed by atoms with E-state index in [9.17, 15) is 0 Å². The number of hydrogen-bond acceptors (Lipinski definition) is 3. The van der Waals surface area contributed by atoms with Gasteiger partial charge in [-0.2, -0.15) is 0 Å². The Bertz CT molecular complexity index is 564. The number of rotatable bonds is 4. The smallest absolute Gasteiger partial charge is 0.0860 e. The first-order chi connectivity index (χ1) is 9.88. The van der Waals surface area contributed by atoms with Gasteiger partial charge in [-0.1, -0.05) is 31.2 Å². The molecule has 0 bridgehead atoms. The van der Waals surface area contributed by atoms with Gasteiger partial charge < -0.3 is 10.1 Å². The van der Waals surface area contributed by atoms with Crippen LogP contribution >= 0.6 is 0 Å². The van der Waals surface area contributed by atoms with Crippen LogP contribution in [0.5, 0.6) is 0 Å². The second kappa shape index (κ2) is 6.33. The molecule has 3 heteroatoms. The molecule has 1 fully saturated rings. The molecule has 2 aromatic rings. The van der Waals surface area contributed by atoms with Gasteiger partial charge >= 0.3 is 0 Å². The summed E-state index contributed by atoms with van der Waals surface area (Å²) >= 11 is 0. The van der Waals surface area contributed by atoms with Gasteiger partial charge in [-0.3, -0.25) is 4.98 Å². The summed E-state index contributed by atoms with van der Waals surface area (Å²) in [5, 5.41) is 4.81. The largest absolute Gasteiger partial charge is 0.373 e. The molecule has 0 aliphatic carbocycles. The standard InChI is InChI=1S/C17H22N2O/c1-2-9-18-14-8-11-20-16(12-14)15-7-3-5-13-6-4-10-19-17(13)15/h3-7,10,14,16,18H,2,8-9,11-12H2,1H3. The van der Waals surface area contributed by atoms with Gasteiger partial charge in [0.25, 0.3) is 0 Å². The van der Waals surface area contributed by atoms with E-state index in [1.54, 1.807) is 0 Å². The van der Waals surface area contributed by atoms with Crippen LogP contribution in [-0.2, 0) is 4.74 Å². The van der Waals surface area contributed by atoms with Gasteiger partial charge in [-0.05, 0) is 31.9 Å². The van der Waals surface area contributed by atoms with Gasteiger partial charge in [0.15, 0.2) is 0 Å². The predicted octanol–water partition coefficient (Wildman–Crippen LogP) is 3.45. The van der Waals surface area contributed by atoms with Gasteiger partial charge in [-0.15, -0.1) is 0 Å². The van der Waals surface area contributed by atoms with Crippen molar-refractivity contribution in [2.24, 2.45) is 0 Å². The molecule has 3 rings (SSSR count). The van der Waals surface area contributed by atoms with E-state index < -0.39 is 0 Å². The molecule has 1 aliphatic rings. The lowest BCUT2D eigenvalue weighted by molar-refractivity contribution is 0.00111. The van der Waals surface area contributed by atoms with E-state index in [2.05, 4.69) is 41.5 Å². The Labute approximate surface area is 120 Å². The van der Waals surface area contributed by atoms with Crippen molar-refractivity contribution in [2.75, 3.05) is 13.2 Å². The van der Waals surface area contributed by atoms with Crippen LogP contribution in [0.4, 0.5) is 0 Å². The fraction of sp³-hybridized carbons (Fsp3) is 0.471. The number of fused-ring (bicyclic) bond motifs is 1. The summed E-state index contributed by atoms with van der Waals surface area (Å²) in [7, 11) is 0. The molecule has 2 heterocycles. The number of para-hydroxylation sites is 1. The highest BCUT2D eigenvalue weighted by Gasteiger charge is 2.24. The summed E-state index contributed by atoms with van der Waals surface area (Å²) in [5.74, 6) is 0. The maximum Gasteiger partial charge on any atom is 0.0860 e. The van der Waals surface area contributed by atoms with Crippen LogP contribution in [0.25, 0.3) is 10.9 Å². The lowest BCUT2D eigenvalue weighted by Crippen LogP contribution is -2.36. The number of aromatic nitrogens is 1. The molecule has 1 aliphatic heterocycles. The van der Waals surface area contributed by atoms with Gasteiger partial charge in [0.2, 0.25) is 0 Å². The first kappa shape index (κ1) is 13.5. The molecule has 3 nitrogen and oxygen atoms in total. The third-order valence-electron chi connectivity index (χ3n) is 3.98. The lowest BCUT2D eigenvalue weighted by atomic mass is 9.95. The molecule has 1 aromatic heterocycles. The molecule has 2 unspecified atom stereocenters. The van der Waals surface area contributed by atoms with E-state index in [0.717, 1.165) is 31.5 Å². The molecule has 2 atom stereocenters. The van der Waals surface area contributed by atoms with Crippen molar-refractivity contribution in [3.8, 4) is 0 Å². The van der Waals surface area contributed by atoms with Crippen LogP contribution in [0, 0.1) is 0 Å². The van der Waals surface area contributed by atoms with Crippen LogP contribution in [0.2, 0.25) is 0 Å². The van der Waals surface area contributed by atoms with Crippen LogP contribution in [0.3, 0.4) is 0 Å². The number of pyridine rings is 1. The van der Waals surface area contributed by atoms with Crippen molar-refractivity contribution in [3.63, 3.8) is 0 Å². The monoisotopic (exact) mass is 270 g/mol. The first-order valence-electron chi connectivity index (χ1n) is 7.57. The zero-order valence-corrected chi connectivity index (χ0v) is 12.0. The zero-order valence-electron chi connectivity index (χ0n) is 12.0. The SMILES string of the molecule is CCCNC1CCOC(c2cccc3cccnc23)C1. The van der Waals surface area contributed by atoms with Crippen molar-refractivity contribution in [1.82, 2.24) is 10.3 Å². The molecule has 0 saturated carbocycles. The molecular weight excluding hydrogens is 248 g/mol. The van der Waals surface area contributed by atoms with Crippen molar-refractivity contribution in [2.45, 2.75) is 38.3 Å². The Morgan fingerprint density at radius 2 is 2.20 bits per heavy atom. The molecule has 0 radical (unpaired) electrons. The maximum absolute atomic E-state index is 6.00.